The van der Waals surface area contributed by atoms with Crippen LogP contribution in [-0.2, 0) is 0 Å². The molecule has 0 saturated carbocycles. The van der Waals surface area contributed by atoms with E-state index in [0.29, 0.717) is 22.3 Å². The number of pyridine rings is 1. The summed E-state index contributed by atoms with van der Waals surface area (Å²) in [7, 11) is 0. The number of hydrogen-bond acceptors (Lipinski definition) is 4. The zero-order valence-corrected chi connectivity index (χ0v) is 13.6. The molecule has 0 radical (unpaired) electrons. The maximum Gasteiger partial charge on any atom is 0.191 e. The van der Waals surface area contributed by atoms with Gasteiger partial charge in [-0.2, -0.15) is 5.10 Å². The highest BCUT2D eigenvalue weighted by Gasteiger charge is 2.06. The number of fused-ring (bicyclic) bond motifs is 1. The molecule has 7 heteroatoms. The number of imidazole rings is 1. The number of aryl methyl sites for hydroxylation is 1. The van der Waals surface area contributed by atoms with E-state index in [-0.39, 0.29) is 0 Å². The van der Waals surface area contributed by atoms with Crippen LogP contribution in [0.2, 0.25) is 0 Å². The van der Waals surface area contributed by atoms with Crippen LogP contribution in [0.1, 0.15) is 18.3 Å². The molecule has 0 aliphatic rings. The van der Waals surface area contributed by atoms with Gasteiger partial charge < -0.3 is 10.3 Å². The molecule has 3 aromatic rings. The van der Waals surface area contributed by atoms with Crippen LogP contribution in [0.15, 0.2) is 47.7 Å². The number of hydrazone groups is 1. The fourth-order valence-corrected chi connectivity index (χ4v) is 2.16. The average Bonchev–Trinajstić information content (AvgIpc) is 2.99. The Balaban J connectivity index is 1.66. The van der Waals surface area contributed by atoms with Gasteiger partial charge >= 0.3 is 0 Å². The molecule has 116 valence electrons. The fourth-order valence-electron chi connectivity index (χ4n) is 2.00. The van der Waals surface area contributed by atoms with Crippen molar-refractivity contribution in [3.05, 3.63) is 54.0 Å². The summed E-state index contributed by atoms with van der Waals surface area (Å²) in [6, 6.07) is 11.7. The summed E-state index contributed by atoms with van der Waals surface area (Å²) >= 11 is 5.23. The number of nitrogens with zero attached hydrogens (tertiary/aromatic N) is 3. The number of anilines is 1. The minimum Gasteiger partial charge on any atom is -0.336 e. The van der Waals surface area contributed by atoms with E-state index >= 15 is 0 Å². The van der Waals surface area contributed by atoms with Crippen LogP contribution in [0.4, 0.5) is 5.69 Å². The van der Waals surface area contributed by atoms with Gasteiger partial charge in [-0.25, -0.2) is 9.97 Å². The molecule has 0 amide bonds. The van der Waals surface area contributed by atoms with Crippen LogP contribution in [0.3, 0.4) is 0 Å². The van der Waals surface area contributed by atoms with Gasteiger partial charge in [-0.15, -0.1) is 0 Å². The van der Waals surface area contributed by atoms with E-state index in [1.165, 1.54) is 5.56 Å². The molecule has 6 nitrogen and oxygen atoms in total. The van der Waals surface area contributed by atoms with Crippen LogP contribution in [0.25, 0.3) is 11.2 Å². The molecular weight excluding hydrogens is 308 g/mol. The normalized spacial score (nSPS) is 11.5. The molecule has 0 bridgehead atoms. The van der Waals surface area contributed by atoms with Gasteiger partial charge in [-0.05, 0) is 50.3 Å². The Hall–Kier alpha value is -2.80. The van der Waals surface area contributed by atoms with Crippen LogP contribution in [0.5, 0.6) is 0 Å². The first-order valence-corrected chi connectivity index (χ1v) is 7.52. The van der Waals surface area contributed by atoms with Crippen molar-refractivity contribution in [2.45, 2.75) is 13.8 Å². The van der Waals surface area contributed by atoms with Crippen molar-refractivity contribution in [1.29, 1.82) is 0 Å². The summed E-state index contributed by atoms with van der Waals surface area (Å²) in [6.45, 7) is 3.88. The van der Waals surface area contributed by atoms with Crippen molar-refractivity contribution in [2.24, 2.45) is 5.10 Å². The standard InChI is InChI=1S/C16H16N6S/c1-10-5-7-12(8-6-10)18-16(23)22-21-11(2)14-19-13-4-3-9-17-15(13)20-14/h3-9H,1-2H3,(H,17,19,20)(H2,18,22,23)/b21-11+. The van der Waals surface area contributed by atoms with Crippen LogP contribution in [0, 0.1) is 6.92 Å². The van der Waals surface area contributed by atoms with E-state index in [0.717, 1.165) is 11.2 Å². The quantitative estimate of drug-likeness (QED) is 0.392. The number of rotatable bonds is 3. The lowest BCUT2D eigenvalue weighted by atomic mass is 10.2. The third-order valence-electron chi connectivity index (χ3n) is 3.23. The highest BCUT2D eigenvalue weighted by atomic mass is 32.1. The van der Waals surface area contributed by atoms with E-state index < -0.39 is 0 Å². The first-order valence-electron chi connectivity index (χ1n) is 7.11. The van der Waals surface area contributed by atoms with E-state index in [1.807, 2.05) is 50.2 Å². The molecule has 0 aliphatic carbocycles. The second-order valence-electron chi connectivity index (χ2n) is 5.09. The Morgan fingerprint density at radius 2 is 2.00 bits per heavy atom. The van der Waals surface area contributed by atoms with Crippen LogP contribution in [-0.4, -0.2) is 25.8 Å². The zero-order valence-electron chi connectivity index (χ0n) is 12.8. The zero-order chi connectivity index (χ0) is 16.2. The summed E-state index contributed by atoms with van der Waals surface area (Å²) in [5.74, 6) is 0.657. The molecule has 0 saturated heterocycles. The van der Waals surface area contributed by atoms with Crippen molar-refractivity contribution in [3.8, 4) is 0 Å². The lowest BCUT2D eigenvalue weighted by molar-refractivity contribution is 1.03. The molecule has 3 rings (SSSR count). The van der Waals surface area contributed by atoms with Crippen molar-refractivity contribution in [1.82, 2.24) is 20.4 Å². The number of thiocarbonyl (C=S) groups is 1. The molecule has 1 aromatic carbocycles. The SMILES string of the molecule is C/C(=N\NC(=S)Nc1ccc(C)cc1)c1nc2ncccc2[nH]1. The molecule has 3 N–H and O–H groups in total. The number of nitrogens with one attached hydrogen (secondary N) is 3. The van der Waals surface area contributed by atoms with E-state index in [4.69, 9.17) is 12.2 Å². The third kappa shape index (κ3) is 3.70. The lowest BCUT2D eigenvalue weighted by Gasteiger charge is -2.07. The van der Waals surface area contributed by atoms with E-state index in [2.05, 4.69) is 30.8 Å². The highest BCUT2D eigenvalue weighted by molar-refractivity contribution is 7.80. The maximum absolute atomic E-state index is 5.23. The second-order valence-corrected chi connectivity index (χ2v) is 5.50. The number of H-pyrrole nitrogens is 1. The molecule has 0 spiro atoms. The fraction of sp³-hybridized carbons (Fsp3) is 0.125. The predicted molar refractivity (Wildman–Crippen MR) is 96.6 cm³/mol. The van der Waals surface area contributed by atoms with Gasteiger partial charge in [0.25, 0.3) is 0 Å². The molecule has 0 atom stereocenters. The van der Waals surface area contributed by atoms with Gasteiger partial charge in [0.05, 0.1) is 5.52 Å². The summed E-state index contributed by atoms with van der Waals surface area (Å²) in [6.07, 6.45) is 1.71. The Kier molecular flexibility index (Phi) is 4.29. The van der Waals surface area contributed by atoms with Crippen molar-refractivity contribution in [2.75, 3.05) is 5.32 Å². The Bertz CT molecular complexity index is 833. The Morgan fingerprint density at radius 1 is 1.22 bits per heavy atom. The molecular formula is C16H16N6S. The molecule has 0 unspecified atom stereocenters. The first-order chi connectivity index (χ1) is 11.1. The first kappa shape index (κ1) is 15.1. The summed E-state index contributed by atoms with van der Waals surface area (Å²) in [5, 5.41) is 7.74. The van der Waals surface area contributed by atoms with Crippen molar-refractivity contribution < 1.29 is 0 Å². The van der Waals surface area contributed by atoms with Gasteiger partial charge in [0.1, 0.15) is 5.71 Å². The van der Waals surface area contributed by atoms with E-state index in [9.17, 15) is 0 Å². The number of aromatic nitrogens is 3. The highest BCUT2D eigenvalue weighted by Crippen LogP contribution is 2.09. The molecule has 0 aliphatic heterocycles. The topological polar surface area (TPSA) is 78.0 Å². The maximum atomic E-state index is 5.23. The molecule has 2 heterocycles. The van der Waals surface area contributed by atoms with Crippen molar-refractivity contribution in [3.63, 3.8) is 0 Å². The van der Waals surface area contributed by atoms with Crippen LogP contribution < -0.4 is 10.7 Å². The Morgan fingerprint density at radius 3 is 2.74 bits per heavy atom. The summed E-state index contributed by atoms with van der Waals surface area (Å²) < 4.78 is 0. The number of hydrogen-bond donors (Lipinski definition) is 3. The van der Waals surface area contributed by atoms with Crippen molar-refractivity contribution >= 4 is 39.9 Å². The molecule has 23 heavy (non-hydrogen) atoms. The molecule has 2 aromatic heterocycles. The predicted octanol–water partition coefficient (Wildman–Crippen LogP) is 2.98. The minimum atomic E-state index is 0.419. The third-order valence-corrected chi connectivity index (χ3v) is 3.43. The van der Waals surface area contributed by atoms with Crippen LogP contribution >= 0.6 is 12.2 Å². The monoisotopic (exact) mass is 324 g/mol. The Labute approximate surface area is 139 Å². The van der Waals surface area contributed by atoms with E-state index in [1.54, 1.807) is 6.20 Å². The second kappa shape index (κ2) is 6.53. The summed E-state index contributed by atoms with van der Waals surface area (Å²) in [4.78, 5) is 11.7. The van der Waals surface area contributed by atoms with Gasteiger partial charge in [0.2, 0.25) is 0 Å². The minimum absolute atomic E-state index is 0.419. The number of aromatic amines is 1. The largest absolute Gasteiger partial charge is 0.336 e. The van der Waals surface area contributed by atoms with Gasteiger partial charge in [-0.1, -0.05) is 17.7 Å². The number of benzene rings is 1. The lowest BCUT2D eigenvalue weighted by Crippen LogP contribution is -2.25. The summed E-state index contributed by atoms with van der Waals surface area (Å²) in [5.41, 5.74) is 7.15. The van der Waals surface area contributed by atoms with Gasteiger partial charge in [0, 0.05) is 11.9 Å². The smallest absolute Gasteiger partial charge is 0.191 e. The van der Waals surface area contributed by atoms with Gasteiger partial charge in [-0.3, -0.25) is 5.43 Å². The average molecular weight is 324 g/mol. The molecule has 0 fully saturated rings. The van der Waals surface area contributed by atoms with Gasteiger partial charge in [0.15, 0.2) is 16.6 Å².